The van der Waals surface area contributed by atoms with Crippen molar-refractivity contribution in [2.24, 2.45) is 0 Å². The third-order valence-corrected chi connectivity index (χ3v) is 6.69. The van der Waals surface area contributed by atoms with Gasteiger partial charge < -0.3 is 20.4 Å². The maximum atomic E-state index is 13.4. The Hall–Kier alpha value is -3.53. The molecule has 3 heterocycles. The van der Waals surface area contributed by atoms with Crippen molar-refractivity contribution in [1.82, 2.24) is 25.6 Å². The number of halogens is 1. The van der Waals surface area contributed by atoms with Crippen LogP contribution >= 0.6 is 0 Å². The van der Waals surface area contributed by atoms with Crippen LogP contribution in [-0.2, 0) is 17.4 Å². The Morgan fingerprint density at radius 2 is 2.09 bits per heavy atom. The smallest absolute Gasteiger partial charge is 0.300 e. The van der Waals surface area contributed by atoms with E-state index in [1.54, 1.807) is 13.8 Å². The third-order valence-electron chi connectivity index (χ3n) is 6.69. The third kappa shape index (κ3) is 4.58. The largest absolute Gasteiger partial charge is 0.432 e. The fraction of sp³-hybridized carbons (Fsp3) is 0.440. The number of fused-ring (bicyclic) bond motifs is 2. The van der Waals surface area contributed by atoms with E-state index in [9.17, 15) is 9.18 Å². The lowest BCUT2D eigenvalue weighted by atomic mass is 9.88. The van der Waals surface area contributed by atoms with Gasteiger partial charge in [-0.1, -0.05) is 19.9 Å². The first-order valence-corrected chi connectivity index (χ1v) is 11.9. The molecule has 1 amide bonds. The van der Waals surface area contributed by atoms with E-state index in [0.29, 0.717) is 23.6 Å². The molecule has 10 heteroatoms. The predicted molar refractivity (Wildman–Crippen MR) is 131 cm³/mol. The zero-order chi connectivity index (χ0) is 24.6. The number of benzene rings is 1. The Kier molecular flexibility index (Phi) is 5.92. The molecule has 3 aromatic rings. The van der Waals surface area contributed by atoms with Crippen molar-refractivity contribution in [3.05, 3.63) is 53.0 Å². The van der Waals surface area contributed by atoms with Crippen LogP contribution in [0.3, 0.4) is 0 Å². The Balaban J connectivity index is 1.42. The van der Waals surface area contributed by atoms with Gasteiger partial charge in [-0.15, -0.1) is 0 Å². The molecule has 1 fully saturated rings. The summed E-state index contributed by atoms with van der Waals surface area (Å²) in [5.41, 5.74) is 3.79. The fourth-order valence-corrected chi connectivity index (χ4v) is 4.36. The highest BCUT2D eigenvalue weighted by molar-refractivity contribution is 5.99. The normalized spacial score (nSPS) is 16.0. The number of aromatic nitrogens is 3. The van der Waals surface area contributed by atoms with Crippen molar-refractivity contribution in [3.63, 3.8) is 0 Å². The number of hydrogen-bond donors (Lipinski definition) is 4. The lowest BCUT2D eigenvalue weighted by Gasteiger charge is -2.26. The average Bonchev–Trinajstić information content (AvgIpc) is 3.44. The lowest BCUT2D eigenvalue weighted by molar-refractivity contribution is 0.0956. The summed E-state index contributed by atoms with van der Waals surface area (Å²) in [6.45, 7) is 7.05. The molecule has 1 aliphatic carbocycles. The number of nitrogens with zero attached hydrogens (tertiary/aromatic N) is 3. The number of oxazole rings is 1. The Morgan fingerprint density at radius 1 is 1.26 bits per heavy atom. The molecule has 0 bridgehead atoms. The van der Waals surface area contributed by atoms with Gasteiger partial charge in [0.1, 0.15) is 18.5 Å². The topological polar surface area (TPSA) is 117 Å². The molecule has 0 unspecified atom stereocenters. The summed E-state index contributed by atoms with van der Waals surface area (Å²) in [4.78, 5) is 25.8. The van der Waals surface area contributed by atoms with E-state index in [4.69, 9.17) is 4.42 Å². The first-order valence-electron chi connectivity index (χ1n) is 11.9. The molecule has 1 saturated carbocycles. The van der Waals surface area contributed by atoms with Gasteiger partial charge >= 0.3 is 6.01 Å². The van der Waals surface area contributed by atoms with Crippen molar-refractivity contribution in [2.45, 2.75) is 51.0 Å². The molecule has 184 valence electrons. The van der Waals surface area contributed by atoms with Crippen molar-refractivity contribution in [3.8, 4) is 0 Å². The number of nitrogens with one attached hydrogen (secondary N) is 4. The fourth-order valence-electron chi connectivity index (χ4n) is 4.36. The Bertz CT molecular complexity index is 1250. The van der Waals surface area contributed by atoms with Gasteiger partial charge in [0.05, 0.1) is 5.69 Å². The molecule has 1 spiro atoms. The molecule has 1 aromatic carbocycles. The number of carbonyl (C=O) groups is 1. The first kappa shape index (κ1) is 23.2. The summed E-state index contributed by atoms with van der Waals surface area (Å²) in [5, 5.41) is 12.5. The summed E-state index contributed by atoms with van der Waals surface area (Å²) < 4.78 is 18.9. The molecule has 0 atom stereocenters. The number of amides is 1. The molecule has 2 aliphatic rings. The van der Waals surface area contributed by atoms with Crippen molar-refractivity contribution in [1.29, 1.82) is 0 Å². The van der Waals surface area contributed by atoms with Gasteiger partial charge in [0.2, 0.25) is 5.95 Å². The van der Waals surface area contributed by atoms with E-state index in [-0.39, 0.29) is 23.3 Å². The summed E-state index contributed by atoms with van der Waals surface area (Å²) in [7, 11) is 0. The minimum absolute atomic E-state index is 0.117. The minimum Gasteiger partial charge on any atom is -0.432 e. The van der Waals surface area contributed by atoms with E-state index in [1.807, 2.05) is 13.0 Å². The highest BCUT2D eigenvalue weighted by Crippen LogP contribution is 2.50. The predicted octanol–water partition coefficient (Wildman–Crippen LogP) is 4.08. The van der Waals surface area contributed by atoms with E-state index in [2.05, 4.69) is 48.4 Å². The number of hydrogen-bond acceptors (Lipinski definition) is 8. The zero-order valence-electron chi connectivity index (χ0n) is 20.2. The zero-order valence-corrected chi connectivity index (χ0v) is 20.2. The molecule has 0 radical (unpaired) electrons. The van der Waals surface area contributed by atoms with Crippen LogP contribution < -0.4 is 21.3 Å². The summed E-state index contributed by atoms with van der Waals surface area (Å²) >= 11 is 0. The monoisotopic (exact) mass is 479 g/mol. The molecule has 2 aromatic heterocycles. The van der Waals surface area contributed by atoms with E-state index < -0.39 is 12.1 Å². The number of alkyl halides is 1. The molecule has 4 N–H and O–H groups in total. The first-order chi connectivity index (χ1) is 16.8. The van der Waals surface area contributed by atoms with Crippen LogP contribution in [0.2, 0.25) is 0 Å². The summed E-state index contributed by atoms with van der Waals surface area (Å²) in [6, 6.07) is 6.47. The molecular weight excluding hydrogens is 449 g/mol. The minimum atomic E-state index is -0.787. The summed E-state index contributed by atoms with van der Waals surface area (Å²) in [5.74, 6) is 0.227. The van der Waals surface area contributed by atoms with Crippen molar-refractivity contribution >= 4 is 29.4 Å². The van der Waals surface area contributed by atoms with Crippen LogP contribution in [0.4, 0.5) is 27.9 Å². The molecule has 9 nitrogen and oxygen atoms in total. The van der Waals surface area contributed by atoms with Gasteiger partial charge in [0, 0.05) is 42.3 Å². The van der Waals surface area contributed by atoms with Gasteiger partial charge in [-0.05, 0) is 43.0 Å². The summed E-state index contributed by atoms with van der Waals surface area (Å²) in [6.07, 6.45) is 5.31. The Morgan fingerprint density at radius 3 is 2.83 bits per heavy atom. The van der Waals surface area contributed by atoms with Crippen LogP contribution in [0.15, 0.2) is 35.1 Å². The second-order valence-electron chi connectivity index (χ2n) is 9.88. The molecule has 35 heavy (non-hydrogen) atoms. The molecule has 0 saturated heterocycles. The average molecular weight is 480 g/mol. The number of carbonyl (C=O) groups excluding carboxylic acids is 1. The van der Waals surface area contributed by atoms with Crippen molar-refractivity contribution < 1.29 is 13.6 Å². The van der Waals surface area contributed by atoms with E-state index in [1.165, 1.54) is 36.4 Å². The number of rotatable bonds is 8. The van der Waals surface area contributed by atoms with E-state index in [0.717, 1.165) is 18.8 Å². The molecule has 1 aliphatic heterocycles. The highest BCUT2D eigenvalue weighted by Gasteiger charge is 2.46. The Labute approximate surface area is 203 Å². The quantitative estimate of drug-likeness (QED) is 0.382. The second-order valence-corrected chi connectivity index (χ2v) is 9.88. The SMILES string of the molecule is CCNC(=O)c1cnc(Nc2ccc3c(c2)CNCC32CC2)nc1Nc1nc(C(C)(C)CF)co1. The van der Waals surface area contributed by atoms with Crippen LogP contribution in [0, 0.1) is 0 Å². The van der Waals surface area contributed by atoms with Gasteiger partial charge in [-0.3, -0.25) is 14.5 Å². The maximum absolute atomic E-state index is 13.4. The lowest BCUT2D eigenvalue weighted by Crippen LogP contribution is -2.33. The van der Waals surface area contributed by atoms with Gasteiger partial charge in [-0.2, -0.15) is 9.97 Å². The van der Waals surface area contributed by atoms with Crippen LogP contribution in [0.25, 0.3) is 0 Å². The molecule has 5 rings (SSSR count). The van der Waals surface area contributed by atoms with Gasteiger partial charge in [0.15, 0.2) is 5.82 Å². The maximum Gasteiger partial charge on any atom is 0.300 e. The number of anilines is 4. The van der Waals surface area contributed by atoms with Crippen molar-refractivity contribution in [2.75, 3.05) is 30.4 Å². The standard InChI is InChI=1S/C25H30FN7O2/c1-4-28-21(34)17-11-29-22(32-20(17)33-23-31-19(12-35-23)24(2,3)13-26)30-16-5-6-18-15(9-16)10-27-14-25(18)7-8-25/h5-6,9,11-12,27H,4,7-8,10,13-14H2,1-3H3,(H,28,34)(H2,29,30,31,32,33). The van der Waals surface area contributed by atoms with Gasteiger partial charge in [0.25, 0.3) is 5.91 Å². The van der Waals surface area contributed by atoms with Crippen LogP contribution in [0.1, 0.15) is 60.8 Å². The highest BCUT2D eigenvalue weighted by atomic mass is 19.1. The van der Waals surface area contributed by atoms with Crippen LogP contribution in [-0.4, -0.2) is 40.6 Å². The van der Waals surface area contributed by atoms with Gasteiger partial charge in [-0.25, -0.2) is 4.98 Å². The second kappa shape index (κ2) is 8.92. The van der Waals surface area contributed by atoms with Crippen LogP contribution in [0.5, 0.6) is 0 Å². The van der Waals surface area contributed by atoms with E-state index >= 15 is 0 Å². The molecular formula is C25H30FN7O2.